The molecule has 1 aliphatic rings. The summed E-state index contributed by atoms with van der Waals surface area (Å²) in [7, 11) is 0. The maximum Gasteiger partial charge on any atom is 0.416 e. The number of aromatic nitrogens is 3. The van der Waals surface area contributed by atoms with Gasteiger partial charge in [-0.15, -0.1) is 0 Å². The van der Waals surface area contributed by atoms with Crippen LogP contribution in [0.3, 0.4) is 0 Å². The second-order valence-electron chi connectivity index (χ2n) is 7.18. The number of halogens is 4. The van der Waals surface area contributed by atoms with E-state index in [1.54, 1.807) is 13.0 Å². The lowest BCUT2D eigenvalue weighted by Gasteiger charge is -2.15. The molecule has 4 rings (SSSR count). The Bertz CT molecular complexity index is 1090. The molecule has 2 aromatic heterocycles. The van der Waals surface area contributed by atoms with Crippen LogP contribution in [0.5, 0.6) is 0 Å². The molecule has 3 aromatic rings. The molecule has 5 nitrogen and oxygen atoms in total. The molecule has 2 heterocycles. The van der Waals surface area contributed by atoms with Crippen LogP contribution in [0.4, 0.5) is 23.4 Å². The third-order valence-electron chi connectivity index (χ3n) is 4.95. The smallest absolute Gasteiger partial charge is 0.365 e. The second kappa shape index (κ2) is 8.81. The van der Waals surface area contributed by atoms with Crippen LogP contribution in [0.1, 0.15) is 41.8 Å². The van der Waals surface area contributed by atoms with Crippen LogP contribution >= 0.6 is 0 Å². The van der Waals surface area contributed by atoms with Crippen LogP contribution in [0.15, 0.2) is 35.3 Å². The van der Waals surface area contributed by atoms with Gasteiger partial charge in [-0.3, -0.25) is 4.79 Å². The molecule has 0 unspecified atom stereocenters. The van der Waals surface area contributed by atoms with E-state index in [2.05, 4.69) is 20.3 Å². The molecule has 160 valence electrons. The van der Waals surface area contributed by atoms with Crippen LogP contribution in [-0.4, -0.2) is 21.1 Å². The Morgan fingerprint density at radius 2 is 1.90 bits per heavy atom. The molecule has 0 spiro atoms. The van der Waals surface area contributed by atoms with Crippen molar-refractivity contribution in [1.29, 1.82) is 0 Å². The fraction of sp³-hybridized carbons (Fsp3) is 0.381. The van der Waals surface area contributed by atoms with E-state index in [4.69, 9.17) is 0 Å². The fourth-order valence-corrected chi connectivity index (χ4v) is 3.02. The normalized spacial score (nSPS) is 14.1. The molecule has 0 bridgehead atoms. The van der Waals surface area contributed by atoms with E-state index in [1.807, 2.05) is 0 Å². The quantitative estimate of drug-likeness (QED) is 0.578. The monoisotopic (exact) mass is 422 g/mol. The molecular formula is C21H22F4N4O. The molecule has 0 amide bonds. The SMILES string of the molecule is Cc1nc(NCc2cccc(C(F)(F)F)c2C)c2c[nH]c(=O)cc2n1.FC1CCC1. The zero-order valence-electron chi connectivity index (χ0n) is 16.6. The van der Waals surface area contributed by atoms with E-state index < -0.39 is 17.9 Å². The predicted molar refractivity (Wildman–Crippen MR) is 107 cm³/mol. The molecule has 1 fully saturated rings. The molecule has 0 aliphatic heterocycles. The van der Waals surface area contributed by atoms with Gasteiger partial charge in [0.2, 0.25) is 5.56 Å². The van der Waals surface area contributed by atoms with Gasteiger partial charge >= 0.3 is 6.18 Å². The Morgan fingerprint density at radius 3 is 2.50 bits per heavy atom. The van der Waals surface area contributed by atoms with E-state index in [9.17, 15) is 22.4 Å². The van der Waals surface area contributed by atoms with E-state index in [0.29, 0.717) is 28.1 Å². The summed E-state index contributed by atoms with van der Waals surface area (Å²) in [6.45, 7) is 3.29. The fourth-order valence-electron chi connectivity index (χ4n) is 3.02. The molecule has 1 aliphatic carbocycles. The first-order chi connectivity index (χ1) is 14.1. The molecule has 9 heteroatoms. The molecule has 0 atom stereocenters. The van der Waals surface area contributed by atoms with Crippen molar-refractivity contribution < 1.29 is 17.6 Å². The van der Waals surface area contributed by atoms with Crippen molar-refractivity contribution in [2.75, 3.05) is 5.32 Å². The van der Waals surface area contributed by atoms with Gasteiger partial charge in [0.15, 0.2) is 0 Å². The van der Waals surface area contributed by atoms with Gasteiger partial charge in [0.25, 0.3) is 0 Å². The summed E-state index contributed by atoms with van der Waals surface area (Å²) >= 11 is 0. The number of aryl methyl sites for hydroxylation is 1. The third-order valence-corrected chi connectivity index (χ3v) is 4.95. The van der Waals surface area contributed by atoms with Crippen LogP contribution < -0.4 is 10.9 Å². The lowest BCUT2D eigenvalue weighted by Crippen LogP contribution is -2.12. The van der Waals surface area contributed by atoms with Crippen molar-refractivity contribution in [2.24, 2.45) is 0 Å². The highest BCUT2D eigenvalue weighted by Gasteiger charge is 2.32. The standard InChI is InChI=1S/C17H15F3N4O.C4H7F/c1-9-11(4-3-5-13(9)17(18,19)20)7-22-16-12-8-21-15(25)6-14(12)23-10(2)24-16;5-4-2-1-3-4/h3-6,8H,7H2,1-2H3,(H,21,25)(H,22,23,24);4H,1-3H2. The number of hydrogen-bond acceptors (Lipinski definition) is 4. The zero-order chi connectivity index (χ0) is 21.9. The van der Waals surface area contributed by atoms with E-state index in [0.717, 1.165) is 25.3 Å². The summed E-state index contributed by atoms with van der Waals surface area (Å²) in [4.78, 5) is 22.4. The minimum Gasteiger partial charge on any atom is -0.365 e. The lowest BCUT2D eigenvalue weighted by atomic mass is 9.98. The highest BCUT2D eigenvalue weighted by Crippen LogP contribution is 2.33. The summed E-state index contributed by atoms with van der Waals surface area (Å²) in [5.74, 6) is 0.914. The third kappa shape index (κ3) is 5.14. The number of fused-ring (bicyclic) bond motifs is 1. The van der Waals surface area contributed by atoms with Gasteiger partial charge in [0.1, 0.15) is 17.8 Å². The number of hydrogen-bond donors (Lipinski definition) is 2. The van der Waals surface area contributed by atoms with Crippen molar-refractivity contribution in [3.8, 4) is 0 Å². The second-order valence-corrected chi connectivity index (χ2v) is 7.18. The number of pyridine rings is 1. The summed E-state index contributed by atoms with van der Waals surface area (Å²) in [5, 5.41) is 3.64. The number of nitrogens with one attached hydrogen (secondary N) is 2. The van der Waals surface area contributed by atoms with Gasteiger partial charge < -0.3 is 10.3 Å². The Labute approximate surface area is 170 Å². The molecule has 0 saturated heterocycles. The van der Waals surface area contributed by atoms with Crippen molar-refractivity contribution >= 4 is 16.7 Å². The predicted octanol–water partition coefficient (Wildman–Crippen LogP) is 5.07. The van der Waals surface area contributed by atoms with Gasteiger partial charge in [0, 0.05) is 18.8 Å². The number of alkyl halides is 4. The number of nitrogens with zero attached hydrogens (tertiary/aromatic N) is 2. The molecule has 2 N–H and O–H groups in total. The molecule has 30 heavy (non-hydrogen) atoms. The first kappa shape index (κ1) is 21.7. The highest BCUT2D eigenvalue weighted by atomic mass is 19.4. The van der Waals surface area contributed by atoms with Crippen molar-refractivity contribution in [1.82, 2.24) is 15.0 Å². The molecule has 0 radical (unpaired) electrons. The van der Waals surface area contributed by atoms with Crippen molar-refractivity contribution in [2.45, 2.75) is 52.0 Å². The Balaban J connectivity index is 0.000000448. The molecule has 1 saturated carbocycles. The first-order valence-corrected chi connectivity index (χ1v) is 9.56. The highest BCUT2D eigenvalue weighted by molar-refractivity contribution is 5.88. The summed E-state index contributed by atoms with van der Waals surface area (Å²) in [6, 6.07) is 5.43. The maximum atomic E-state index is 13.0. The van der Waals surface area contributed by atoms with Crippen LogP contribution in [-0.2, 0) is 12.7 Å². The van der Waals surface area contributed by atoms with Crippen LogP contribution in [0, 0.1) is 13.8 Å². The molecule has 1 aromatic carbocycles. The summed E-state index contributed by atoms with van der Waals surface area (Å²) in [5.41, 5.74) is 0.222. The number of rotatable bonds is 3. The average Bonchev–Trinajstić information content (AvgIpc) is 2.64. The Morgan fingerprint density at radius 1 is 1.20 bits per heavy atom. The van der Waals surface area contributed by atoms with Gasteiger partial charge in [-0.1, -0.05) is 12.1 Å². The number of H-pyrrole nitrogens is 1. The van der Waals surface area contributed by atoms with E-state index in [-0.39, 0.29) is 17.7 Å². The van der Waals surface area contributed by atoms with Gasteiger partial charge in [0.05, 0.1) is 16.5 Å². The Kier molecular flexibility index (Phi) is 6.38. The van der Waals surface area contributed by atoms with Gasteiger partial charge in [-0.25, -0.2) is 14.4 Å². The zero-order valence-corrected chi connectivity index (χ0v) is 16.6. The topological polar surface area (TPSA) is 70.7 Å². The van der Waals surface area contributed by atoms with Crippen LogP contribution in [0.25, 0.3) is 10.9 Å². The first-order valence-electron chi connectivity index (χ1n) is 9.56. The number of benzene rings is 1. The lowest BCUT2D eigenvalue weighted by molar-refractivity contribution is -0.138. The van der Waals surface area contributed by atoms with Gasteiger partial charge in [-0.2, -0.15) is 13.2 Å². The van der Waals surface area contributed by atoms with Crippen molar-refractivity contribution in [3.63, 3.8) is 0 Å². The maximum absolute atomic E-state index is 13.0. The van der Waals surface area contributed by atoms with E-state index >= 15 is 0 Å². The van der Waals surface area contributed by atoms with Gasteiger partial charge in [-0.05, 0) is 50.3 Å². The summed E-state index contributed by atoms with van der Waals surface area (Å²) < 4.78 is 50.6. The molecular weight excluding hydrogens is 400 g/mol. The minimum absolute atomic E-state index is 0.167. The number of aromatic amines is 1. The largest absolute Gasteiger partial charge is 0.416 e. The minimum atomic E-state index is -4.39. The number of anilines is 1. The summed E-state index contributed by atoms with van der Waals surface area (Å²) in [6.07, 6.45) is -0.591. The Hall–Kier alpha value is -2.97. The van der Waals surface area contributed by atoms with Crippen molar-refractivity contribution in [3.05, 3.63) is 63.3 Å². The average molecular weight is 422 g/mol. The van der Waals surface area contributed by atoms with E-state index in [1.165, 1.54) is 25.3 Å². The van der Waals surface area contributed by atoms with Crippen LogP contribution in [0.2, 0.25) is 0 Å².